The number of benzene rings is 1. The van der Waals surface area contributed by atoms with Crippen LogP contribution in [0.4, 0.5) is 10.1 Å². The summed E-state index contributed by atoms with van der Waals surface area (Å²) >= 11 is 0. The van der Waals surface area contributed by atoms with E-state index in [0.717, 1.165) is 13.1 Å². The molecule has 2 rings (SSSR count). The molecule has 1 atom stereocenters. The van der Waals surface area contributed by atoms with Crippen molar-refractivity contribution in [3.63, 3.8) is 0 Å². The number of carbonyl (C=O) groups excluding carboxylic acids is 1. The molecule has 5 nitrogen and oxygen atoms in total. The minimum atomic E-state index is -0.421. The fourth-order valence-corrected chi connectivity index (χ4v) is 2.16. The smallest absolute Gasteiger partial charge is 0.225 e. The first-order chi connectivity index (χ1) is 9.69. The number of para-hydroxylation sites is 1. The number of halogens is 1. The molecule has 1 unspecified atom stereocenters. The summed E-state index contributed by atoms with van der Waals surface area (Å²) < 4.78 is 18.8. The minimum absolute atomic E-state index is 0.0402. The van der Waals surface area contributed by atoms with E-state index >= 15 is 0 Å². The van der Waals surface area contributed by atoms with E-state index in [9.17, 15) is 9.18 Å². The van der Waals surface area contributed by atoms with Gasteiger partial charge in [-0.3, -0.25) is 9.69 Å². The van der Waals surface area contributed by atoms with Crippen molar-refractivity contribution in [2.45, 2.75) is 12.5 Å². The lowest BCUT2D eigenvalue weighted by atomic mass is 10.2. The highest BCUT2D eigenvalue weighted by atomic mass is 19.1. The fraction of sp³-hybridized carbons (Fsp3) is 0.500. The zero-order valence-electron chi connectivity index (χ0n) is 11.3. The fourth-order valence-electron chi connectivity index (χ4n) is 2.16. The Kier molecular flexibility index (Phi) is 5.46. The third-order valence-corrected chi connectivity index (χ3v) is 3.29. The molecule has 3 N–H and O–H groups in total. The van der Waals surface area contributed by atoms with Crippen molar-refractivity contribution < 1.29 is 13.9 Å². The summed E-state index contributed by atoms with van der Waals surface area (Å²) in [4.78, 5) is 13.9. The van der Waals surface area contributed by atoms with Crippen LogP contribution in [0.1, 0.15) is 6.42 Å². The number of amides is 1. The van der Waals surface area contributed by atoms with Gasteiger partial charge in [-0.1, -0.05) is 12.1 Å². The van der Waals surface area contributed by atoms with Gasteiger partial charge in [-0.25, -0.2) is 4.39 Å². The zero-order valence-corrected chi connectivity index (χ0v) is 11.3. The average molecular weight is 281 g/mol. The molecule has 1 aliphatic heterocycles. The molecule has 0 spiro atoms. The van der Waals surface area contributed by atoms with Crippen molar-refractivity contribution in [1.29, 1.82) is 0 Å². The molecule has 6 heteroatoms. The lowest BCUT2D eigenvalue weighted by Gasteiger charge is -2.32. The molecule has 0 bridgehead atoms. The van der Waals surface area contributed by atoms with Crippen LogP contribution < -0.4 is 11.1 Å². The monoisotopic (exact) mass is 281 g/mol. The first-order valence-corrected chi connectivity index (χ1v) is 6.77. The summed E-state index contributed by atoms with van der Waals surface area (Å²) in [6.45, 7) is 3.28. The maximum absolute atomic E-state index is 13.4. The number of nitrogens with one attached hydrogen (secondary N) is 1. The summed E-state index contributed by atoms with van der Waals surface area (Å²) in [5, 5.41) is 2.58. The molecule has 0 aliphatic carbocycles. The molecule has 110 valence electrons. The second-order valence-electron chi connectivity index (χ2n) is 4.81. The number of morpholine rings is 1. The van der Waals surface area contributed by atoms with Crippen LogP contribution in [0.5, 0.6) is 0 Å². The van der Waals surface area contributed by atoms with Crippen LogP contribution in [0.15, 0.2) is 24.3 Å². The molecule has 1 aromatic carbocycles. The van der Waals surface area contributed by atoms with E-state index in [4.69, 9.17) is 10.5 Å². The van der Waals surface area contributed by atoms with Gasteiger partial charge in [0.2, 0.25) is 5.91 Å². The molecular weight excluding hydrogens is 261 g/mol. The topological polar surface area (TPSA) is 67.6 Å². The summed E-state index contributed by atoms with van der Waals surface area (Å²) in [6.07, 6.45) is 0.365. The Morgan fingerprint density at radius 1 is 1.50 bits per heavy atom. The van der Waals surface area contributed by atoms with Crippen LogP contribution in [-0.4, -0.2) is 49.7 Å². The SMILES string of the molecule is NCC1CN(CCC(=O)Nc2ccccc2F)CCO1. The van der Waals surface area contributed by atoms with Crippen molar-refractivity contribution in [3.05, 3.63) is 30.1 Å². The first kappa shape index (κ1) is 14.9. The summed E-state index contributed by atoms with van der Waals surface area (Å²) in [6, 6.07) is 6.15. The van der Waals surface area contributed by atoms with Gasteiger partial charge in [-0.2, -0.15) is 0 Å². The molecule has 1 aliphatic rings. The first-order valence-electron chi connectivity index (χ1n) is 6.77. The number of rotatable bonds is 5. The Morgan fingerprint density at radius 2 is 2.30 bits per heavy atom. The van der Waals surface area contributed by atoms with Crippen LogP contribution in [-0.2, 0) is 9.53 Å². The van der Waals surface area contributed by atoms with Crippen molar-refractivity contribution >= 4 is 11.6 Å². The van der Waals surface area contributed by atoms with E-state index in [1.807, 2.05) is 0 Å². The van der Waals surface area contributed by atoms with Crippen LogP contribution in [0.2, 0.25) is 0 Å². The molecule has 0 radical (unpaired) electrons. The van der Waals surface area contributed by atoms with Gasteiger partial charge in [0.1, 0.15) is 5.82 Å². The molecule has 0 aromatic heterocycles. The summed E-state index contributed by atoms with van der Waals surface area (Å²) in [5.74, 6) is -0.610. The Bertz CT molecular complexity index is 456. The Morgan fingerprint density at radius 3 is 3.05 bits per heavy atom. The Balaban J connectivity index is 1.76. The summed E-state index contributed by atoms with van der Waals surface area (Å²) in [5.41, 5.74) is 5.79. The van der Waals surface area contributed by atoms with Gasteiger partial charge in [0.05, 0.1) is 18.4 Å². The largest absolute Gasteiger partial charge is 0.374 e. The summed E-state index contributed by atoms with van der Waals surface area (Å²) in [7, 11) is 0. The molecule has 20 heavy (non-hydrogen) atoms. The zero-order chi connectivity index (χ0) is 14.4. The lowest BCUT2D eigenvalue weighted by molar-refractivity contribution is -0.117. The van der Waals surface area contributed by atoms with Gasteiger partial charge < -0.3 is 15.8 Å². The van der Waals surface area contributed by atoms with E-state index in [2.05, 4.69) is 10.2 Å². The molecule has 1 fully saturated rings. The molecule has 1 aromatic rings. The Hall–Kier alpha value is -1.50. The van der Waals surface area contributed by atoms with Gasteiger partial charge in [-0.15, -0.1) is 0 Å². The minimum Gasteiger partial charge on any atom is -0.374 e. The van der Waals surface area contributed by atoms with E-state index < -0.39 is 5.82 Å². The van der Waals surface area contributed by atoms with Crippen LogP contribution in [0, 0.1) is 5.82 Å². The van der Waals surface area contributed by atoms with Crippen molar-refractivity contribution in [2.24, 2.45) is 5.73 Å². The highest BCUT2D eigenvalue weighted by Crippen LogP contribution is 2.13. The highest BCUT2D eigenvalue weighted by molar-refractivity contribution is 5.90. The number of hydrogen-bond donors (Lipinski definition) is 2. The number of ether oxygens (including phenoxy) is 1. The third-order valence-electron chi connectivity index (χ3n) is 3.29. The van der Waals surface area contributed by atoms with Gasteiger partial charge in [0, 0.05) is 32.6 Å². The number of nitrogens with zero attached hydrogens (tertiary/aromatic N) is 1. The van der Waals surface area contributed by atoms with Crippen LogP contribution in [0.3, 0.4) is 0 Å². The lowest BCUT2D eigenvalue weighted by Crippen LogP contribution is -2.46. The van der Waals surface area contributed by atoms with Gasteiger partial charge in [-0.05, 0) is 12.1 Å². The molecule has 1 heterocycles. The normalized spacial score (nSPS) is 19.8. The maximum Gasteiger partial charge on any atom is 0.225 e. The van der Waals surface area contributed by atoms with E-state index in [1.165, 1.54) is 6.07 Å². The standard InChI is InChI=1S/C14H20FN3O2/c15-12-3-1-2-4-13(12)17-14(19)5-6-18-7-8-20-11(9-16)10-18/h1-4,11H,5-10,16H2,(H,17,19). The van der Waals surface area contributed by atoms with E-state index in [-0.39, 0.29) is 17.7 Å². The van der Waals surface area contributed by atoms with Gasteiger partial charge in [0.25, 0.3) is 0 Å². The molecular formula is C14H20FN3O2. The second kappa shape index (κ2) is 7.33. The number of anilines is 1. The predicted octanol–water partition coefficient (Wildman–Crippen LogP) is 0.814. The number of hydrogen-bond acceptors (Lipinski definition) is 4. The molecule has 1 amide bonds. The van der Waals surface area contributed by atoms with Crippen LogP contribution in [0.25, 0.3) is 0 Å². The number of nitrogens with two attached hydrogens (primary N) is 1. The third kappa shape index (κ3) is 4.26. The van der Waals surface area contributed by atoms with Gasteiger partial charge in [0.15, 0.2) is 0 Å². The van der Waals surface area contributed by atoms with Gasteiger partial charge >= 0.3 is 0 Å². The molecule has 0 saturated carbocycles. The van der Waals surface area contributed by atoms with E-state index in [0.29, 0.717) is 26.1 Å². The van der Waals surface area contributed by atoms with Crippen molar-refractivity contribution in [2.75, 3.05) is 38.1 Å². The highest BCUT2D eigenvalue weighted by Gasteiger charge is 2.19. The Labute approximate surface area is 117 Å². The molecule has 1 saturated heterocycles. The quantitative estimate of drug-likeness (QED) is 0.838. The predicted molar refractivity (Wildman–Crippen MR) is 74.9 cm³/mol. The average Bonchev–Trinajstić information content (AvgIpc) is 2.48. The number of carbonyl (C=O) groups is 1. The second-order valence-corrected chi connectivity index (χ2v) is 4.81. The van der Waals surface area contributed by atoms with Crippen LogP contribution >= 0.6 is 0 Å². The maximum atomic E-state index is 13.4. The van der Waals surface area contributed by atoms with E-state index in [1.54, 1.807) is 18.2 Å². The van der Waals surface area contributed by atoms with Crippen molar-refractivity contribution in [1.82, 2.24) is 4.90 Å². The van der Waals surface area contributed by atoms with Crippen molar-refractivity contribution in [3.8, 4) is 0 Å².